The number of halogens is 3. The van der Waals surface area contributed by atoms with Gasteiger partial charge in [0.15, 0.2) is 5.82 Å². The smallest absolute Gasteiger partial charge is 0.367 e. The highest BCUT2D eigenvalue weighted by Gasteiger charge is 2.42. The molecule has 1 aliphatic heterocycles. The van der Waals surface area contributed by atoms with E-state index >= 15 is 0 Å². The molecule has 1 aliphatic carbocycles. The molecule has 2 aliphatic rings. The van der Waals surface area contributed by atoms with Gasteiger partial charge in [-0.3, -0.25) is 4.74 Å². The number of aromatic nitrogens is 2. The van der Waals surface area contributed by atoms with Crippen LogP contribution in [-0.4, -0.2) is 35.3 Å². The normalized spacial score (nSPS) is 33.7. The molecule has 2 N–H and O–H groups in total. The summed E-state index contributed by atoms with van der Waals surface area (Å²) >= 11 is 0. The molecule has 21 heavy (non-hydrogen) atoms. The van der Waals surface area contributed by atoms with E-state index in [1.165, 1.54) is 0 Å². The lowest BCUT2D eigenvalue weighted by Gasteiger charge is -2.33. The van der Waals surface area contributed by atoms with E-state index in [1.807, 2.05) is 0 Å². The number of hydrogen-bond acceptors (Lipinski definition) is 6. The quantitative estimate of drug-likeness (QED) is 0.920. The van der Waals surface area contributed by atoms with Gasteiger partial charge in [0.25, 0.3) is 5.89 Å². The zero-order valence-corrected chi connectivity index (χ0v) is 11.2. The van der Waals surface area contributed by atoms with Gasteiger partial charge in [-0.2, -0.15) is 4.98 Å². The summed E-state index contributed by atoms with van der Waals surface area (Å²) < 4.78 is 50.7. The third-order valence-electron chi connectivity index (χ3n) is 3.80. The number of ether oxygens (including phenoxy) is 2. The molecule has 1 saturated heterocycles. The zero-order chi connectivity index (χ0) is 15.0. The minimum Gasteiger partial charge on any atom is -0.367 e. The van der Waals surface area contributed by atoms with Gasteiger partial charge in [-0.15, -0.1) is 13.2 Å². The Balaban J connectivity index is 1.52. The first-order valence-electron chi connectivity index (χ1n) is 6.86. The predicted molar refractivity (Wildman–Crippen MR) is 63.1 cm³/mol. The molecule has 0 amide bonds. The van der Waals surface area contributed by atoms with E-state index in [4.69, 9.17) is 15.0 Å². The molecular weight excluding hydrogens is 291 g/mol. The summed E-state index contributed by atoms with van der Waals surface area (Å²) in [5, 5.41) is 3.83. The summed E-state index contributed by atoms with van der Waals surface area (Å²) in [5.41, 5.74) is 5.73. The van der Waals surface area contributed by atoms with Gasteiger partial charge in [0.05, 0.1) is 12.7 Å². The maximum absolute atomic E-state index is 12.0. The lowest BCUT2D eigenvalue weighted by atomic mass is 9.82. The average Bonchev–Trinajstić information content (AvgIpc) is 2.82. The van der Waals surface area contributed by atoms with E-state index in [9.17, 15) is 13.2 Å². The Morgan fingerprint density at radius 1 is 1.24 bits per heavy atom. The number of alkyl halides is 3. The first kappa shape index (κ1) is 14.7. The van der Waals surface area contributed by atoms with Crippen molar-refractivity contribution >= 4 is 0 Å². The SMILES string of the molecule is N[C@@H]1CC[C@@H](c2nc(C3CC(OC(F)(F)F)C3)no2)OC1. The highest BCUT2D eigenvalue weighted by Crippen LogP contribution is 2.40. The Kier molecular flexibility index (Phi) is 3.89. The van der Waals surface area contributed by atoms with Crippen molar-refractivity contribution in [3.8, 4) is 0 Å². The van der Waals surface area contributed by atoms with Crippen molar-refractivity contribution in [2.75, 3.05) is 6.61 Å². The van der Waals surface area contributed by atoms with Gasteiger partial charge in [0.1, 0.15) is 6.10 Å². The second-order valence-corrected chi connectivity index (χ2v) is 5.50. The third kappa shape index (κ3) is 3.53. The van der Waals surface area contributed by atoms with E-state index in [0.29, 0.717) is 24.7 Å². The number of nitrogens with two attached hydrogens (primary N) is 1. The van der Waals surface area contributed by atoms with Crippen molar-refractivity contribution in [2.24, 2.45) is 5.73 Å². The van der Waals surface area contributed by atoms with Crippen LogP contribution >= 0.6 is 0 Å². The van der Waals surface area contributed by atoms with Crippen LogP contribution in [-0.2, 0) is 9.47 Å². The van der Waals surface area contributed by atoms with E-state index in [1.54, 1.807) is 0 Å². The molecule has 0 radical (unpaired) electrons. The van der Waals surface area contributed by atoms with Crippen LogP contribution in [0.3, 0.4) is 0 Å². The number of nitrogens with zero attached hydrogens (tertiary/aromatic N) is 2. The summed E-state index contributed by atoms with van der Waals surface area (Å²) in [6.07, 6.45) is -3.67. The lowest BCUT2D eigenvalue weighted by Crippen LogP contribution is -2.35. The van der Waals surface area contributed by atoms with E-state index in [-0.39, 0.29) is 30.9 Å². The Labute approximate surface area is 118 Å². The van der Waals surface area contributed by atoms with Crippen molar-refractivity contribution in [3.05, 3.63) is 11.7 Å². The lowest BCUT2D eigenvalue weighted by molar-refractivity contribution is -0.352. The topological polar surface area (TPSA) is 83.4 Å². The van der Waals surface area contributed by atoms with Crippen molar-refractivity contribution in [1.29, 1.82) is 0 Å². The van der Waals surface area contributed by atoms with Gasteiger partial charge in [-0.25, -0.2) is 0 Å². The molecule has 1 aromatic heterocycles. The fraction of sp³-hybridized carbons (Fsp3) is 0.833. The summed E-state index contributed by atoms with van der Waals surface area (Å²) in [5.74, 6) is 0.642. The minimum atomic E-state index is -4.59. The monoisotopic (exact) mass is 307 g/mol. The number of rotatable bonds is 3. The summed E-state index contributed by atoms with van der Waals surface area (Å²) in [6, 6.07) is 0.0237. The van der Waals surface area contributed by atoms with Gasteiger partial charge in [-0.05, 0) is 25.7 Å². The molecule has 1 aromatic rings. The summed E-state index contributed by atoms with van der Waals surface area (Å²) in [4.78, 5) is 4.23. The number of hydrogen-bond donors (Lipinski definition) is 1. The standard InChI is InChI=1S/C12H16F3N3O3/c13-12(14,15)20-8-3-6(4-8)10-17-11(21-18-10)9-2-1-7(16)5-19-9/h6-9H,1-5,16H2/t6?,7-,8?,9+/m1/s1. The van der Waals surface area contributed by atoms with Crippen LogP contribution in [0.15, 0.2) is 4.52 Å². The zero-order valence-electron chi connectivity index (χ0n) is 11.2. The first-order chi connectivity index (χ1) is 9.90. The van der Waals surface area contributed by atoms with Gasteiger partial charge < -0.3 is 15.0 Å². The van der Waals surface area contributed by atoms with E-state index in [0.717, 1.165) is 6.42 Å². The molecule has 2 heterocycles. The van der Waals surface area contributed by atoms with Crippen molar-refractivity contribution in [3.63, 3.8) is 0 Å². The maximum atomic E-state index is 12.0. The Hall–Kier alpha value is -1.19. The van der Waals surface area contributed by atoms with Crippen LogP contribution in [0.4, 0.5) is 13.2 Å². The van der Waals surface area contributed by atoms with Crippen LogP contribution in [0, 0.1) is 0 Å². The maximum Gasteiger partial charge on any atom is 0.522 e. The minimum absolute atomic E-state index is 0.0237. The fourth-order valence-electron chi connectivity index (χ4n) is 2.57. The van der Waals surface area contributed by atoms with Crippen LogP contribution in [0.2, 0.25) is 0 Å². The molecule has 2 fully saturated rings. The Morgan fingerprint density at radius 3 is 2.62 bits per heavy atom. The first-order valence-corrected chi connectivity index (χ1v) is 6.86. The van der Waals surface area contributed by atoms with Gasteiger partial charge in [0, 0.05) is 12.0 Å². The van der Waals surface area contributed by atoms with Crippen molar-refractivity contribution in [1.82, 2.24) is 10.1 Å². The molecule has 0 spiro atoms. The van der Waals surface area contributed by atoms with Gasteiger partial charge >= 0.3 is 6.36 Å². The molecule has 0 unspecified atom stereocenters. The molecule has 2 atom stereocenters. The van der Waals surface area contributed by atoms with E-state index in [2.05, 4.69) is 14.9 Å². The molecule has 9 heteroatoms. The second kappa shape index (κ2) is 5.54. The molecule has 0 bridgehead atoms. The molecule has 1 saturated carbocycles. The average molecular weight is 307 g/mol. The Bertz CT molecular complexity index is 480. The molecule has 3 rings (SSSR count). The summed E-state index contributed by atoms with van der Waals surface area (Å²) in [7, 11) is 0. The second-order valence-electron chi connectivity index (χ2n) is 5.50. The highest BCUT2D eigenvalue weighted by molar-refractivity contribution is 5.04. The van der Waals surface area contributed by atoms with Gasteiger partial charge in [0.2, 0.25) is 0 Å². The predicted octanol–water partition coefficient (Wildman–Crippen LogP) is 2.03. The van der Waals surface area contributed by atoms with Gasteiger partial charge in [-0.1, -0.05) is 5.16 Å². The van der Waals surface area contributed by atoms with Crippen LogP contribution < -0.4 is 5.73 Å². The highest BCUT2D eigenvalue weighted by atomic mass is 19.4. The molecule has 6 nitrogen and oxygen atoms in total. The molecular formula is C12H16F3N3O3. The molecule has 118 valence electrons. The van der Waals surface area contributed by atoms with Crippen molar-refractivity contribution < 1.29 is 27.2 Å². The van der Waals surface area contributed by atoms with Crippen LogP contribution in [0.5, 0.6) is 0 Å². The van der Waals surface area contributed by atoms with Crippen molar-refractivity contribution in [2.45, 2.75) is 56.2 Å². The molecule has 0 aromatic carbocycles. The van der Waals surface area contributed by atoms with Crippen LogP contribution in [0.1, 0.15) is 49.4 Å². The van der Waals surface area contributed by atoms with E-state index < -0.39 is 12.5 Å². The largest absolute Gasteiger partial charge is 0.522 e. The fourth-order valence-corrected chi connectivity index (χ4v) is 2.57. The third-order valence-corrected chi connectivity index (χ3v) is 3.80. The van der Waals surface area contributed by atoms with Crippen LogP contribution in [0.25, 0.3) is 0 Å². The summed E-state index contributed by atoms with van der Waals surface area (Å²) in [6.45, 7) is 0.438. The Morgan fingerprint density at radius 2 is 2.00 bits per heavy atom.